The number of aromatic nitrogens is 2. The summed E-state index contributed by atoms with van der Waals surface area (Å²) in [7, 11) is 1.94. The zero-order valence-corrected chi connectivity index (χ0v) is 10.6. The molecule has 2 aromatic carbocycles. The zero-order valence-electron chi connectivity index (χ0n) is 10.6. The van der Waals surface area contributed by atoms with Crippen LogP contribution in [0.2, 0.25) is 0 Å². The lowest BCUT2D eigenvalue weighted by molar-refractivity contribution is 0.629. The molecule has 0 aliphatic carbocycles. The summed E-state index contributed by atoms with van der Waals surface area (Å²) >= 11 is 0. The van der Waals surface area contributed by atoms with Gasteiger partial charge in [-0.25, -0.2) is 9.37 Å². The zero-order chi connectivity index (χ0) is 13.2. The molecule has 3 rings (SSSR count). The van der Waals surface area contributed by atoms with Crippen molar-refractivity contribution in [2.24, 2.45) is 7.05 Å². The third-order valence-corrected chi connectivity index (χ3v) is 3.16. The number of nitrogens with zero attached hydrogens (tertiary/aromatic N) is 2. The highest BCUT2D eigenvalue weighted by molar-refractivity contribution is 5.76. The predicted octanol–water partition coefficient (Wildman–Crippen LogP) is 3.32. The largest absolute Gasteiger partial charge is 0.378 e. The molecule has 0 aliphatic heterocycles. The molecule has 1 aromatic heterocycles. The summed E-state index contributed by atoms with van der Waals surface area (Å²) in [5.41, 5.74) is 2.67. The Morgan fingerprint density at radius 3 is 2.74 bits per heavy atom. The van der Waals surface area contributed by atoms with Gasteiger partial charge in [0, 0.05) is 18.8 Å². The lowest BCUT2D eigenvalue weighted by Crippen LogP contribution is -2.05. The van der Waals surface area contributed by atoms with Crippen LogP contribution in [0.15, 0.2) is 48.5 Å². The molecule has 0 saturated heterocycles. The van der Waals surface area contributed by atoms with Crippen LogP contribution in [-0.2, 0) is 13.6 Å². The van der Waals surface area contributed by atoms with Crippen molar-refractivity contribution in [3.05, 3.63) is 60.2 Å². The highest BCUT2D eigenvalue weighted by Gasteiger charge is 2.07. The van der Waals surface area contributed by atoms with Crippen LogP contribution in [0.4, 0.5) is 10.1 Å². The summed E-state index contributed by atoms with van der Waals surface area (Å²) in [4.78, 5) is 4.45. The maximum atomic E-state index is 13.2. The molecule has 0 bridgehead atoms. The Kier molecular flexibility index (Phi) is 2.91. The molecule has 3 nitrogen and oxygen atoms in total. The van der Waals surface area contributed by atoms with E-state index in [1.165, 1.54) is 12.1 Å². The molecule has 96 valence electrons. The predicted molar refractivity (Wildman–Crippen MR) is 74.4 cm³/mol. The number of para-hydroxylation sites is 1. The first-order valence-electron chi connectivity index (χ1n) is 6.14. The Bertz CT molecular complexity index is 704. The molecule has 3 aromatic rings. The van der Waals surface area contributed by atoms with Crippen molar-refractivity contribution in [3.63, 3.8) is 0 Å². The first-order valence-corrected chi connectivity index (χ1v) is 6.14. The van der Waals surface area contributed by atoms with Crippen LogP contribution >= 0.6 is 0 Å². The topological polar surface area (TPSA) is 29.9 Å². The van der Waals surface area contributed by atoms with E-state index in [9.17, 15) is 4.39 Å². The van der Waals surface area contributed by atoms with Gasteiger partial charge >= 0.3 is 0 Å². The maximum absolute atomic E-state index is 13.2. The fourth-order valence-electron chi connectivity index (χ4n) is 2.12. The molecule has 0 atom stereocenters. The van der Waals surface area contributed by atoms with Crippen molar-refractivity contribution >= 4 is 16.7 Å². The SMILES string of the molecule is Cn1c(CNc2ccccc2)nc2cc(F)ccc21. The number of aryl methyl sites for hydroxylation is 1. The van der Waals surface area contributed by atoms with Gasteiger partial charge in [-0.3, -0.25) is 0 Å². The Morgan fingerprint density at radius 1 is 1.16 bits per heavy atom. The quantitative estimate of drug-likeness (QED) is 0.778. The van der Waals surface area contributed by atoms with Gasteiger partial charge in [0.2, 0.25) is 0 Å². The molecular weight excluding hydrogens is 241 g/mol. The second-order valence-corrected chi connectivity index (χ2v) is 4.44. The molecule has 0 unspecified atom stereocenters. The molecule has 1 N–H and O–H groups in total. The molecule has 0 saturated carbocycles. The van der Waals surface area contributed by atoms with E-state index in [-0.39, 0.29) is 5.82 Å². The van der Waals surface area contributed by atoms with Gasteiger partial charge in [0.1, 0.15) is 11.6 Å². The minimum absolute atomic E-state index is 0.256. The molecular formula is C15H14FN3. The van der Waals surface area contributed by atoms with Crippen LogP contribution in [-0.4, -0.2) is 9.55 Å². The number of halogens is 1. The molecule has 4 heteroatoms. The summed E-state index contributed by atoms with van der Waals surface area (Å²) < 4.78 is 15.1. The van der Waals surface area contributed by atoms with Crippen LogP contribution in [0.25, 0.3) is 11.0 Å². The summed E-state index contributed by atoms with van der Waals surface area (Å²) in [6.07, 6.45) is 0. The maximum Gasteiger partial charge on any atom is 0.128 e. The Hall–Kier alpha value is -2.36. The fraction of sp³-hybridized carbons (Fsp3) is 0.133. The normalized spacial score (nSPS) is 10.8. The van der Waals surface area contributed by atoms with E-state index in [1.54, 1.807) is 6.07 Å². The van der Waals surface area contributed by atoms with Gasteiger partial charge in [0.15, 0.2) is 0 Å². The van der Waals surface area contributed by atoms with E-state index in [0.717, 1.165) is 17.0 Å². The van der Waals surface area contributed by atoms with Crippen molar-refractivity contribution in [1.82, 2.24) is 9.55 Å². The van der Waals surface area contributed by atoms with Crippen LogP contribution in [0, 0.1) is 5.82 Å². The number of hydrogen-bond donors (Lipinski definition) is 1. The van der Waals surface area contributed by atoms with Crippen LogP contribution < -0.4 is 5.32 Å². The molecule has 0 spiro atoms. The van der Waals surface area contributed by atoms with Crippen LogP contribution in [0.3, 0.4) is 0 Å². The number of imidazole rings is 1. The third-order valence-electron chi connectivity index (χ3n) is 3.16. The Morgan fingerprint density at radius 2 is 1.95 bits per heavy atom. The molecule has 0 radical (unpaired) electrons. The van der Waals surface area contributed by atoms with Crippen molar-refractivity contribution < 1.29 is 4.39 Å². The molecule has 1 heterocycles. The van der Waals surface area contributed by atoms with E-state index < -0.39 is 0 Å². The van der Waals surface area contributed by atoms with Gasteiger partial charge in [-0.05, 0) is 24.3 Å². The van der Waals surface area contributed by atoms with Crippen molar-refractivity contribution in [2.75, 3.05) is 5.32 Å². The van der Waals surface area contributed by atoms with Gasteiger partial charge in [-0.2, -0.15) is 0 Å². The highest BCUT2D eigenvalue weighted by Crippen LogP contribution is 2.17. The van der Waals surface area contributed by atoms with Gasteiger partial charge in [-0.1, -0.05) is 18.2 Å². The molecule has 19 heavy (non-hydrogen) atoms. The van der Waals surface area contributed by atoms with E-state index in [0.29, 0.717) is 12.1 Å². The molecule has 0 aliphatic rings. The minimum Gasteiger partial charge on any atom is -0.378 e. The number of rotatable bonds is 3. The van der Waals surface area contributed by atoms with Crippen LogP contribution in [0.5, 0.6) is 0 Å². The number of hydrogen-bond acceptors (Lipinski definition) is 2. The summed E-state index contributed by atoms with van der Waals surface area (Å²) in [5.74, 6) is 0.623. The van der Waals surface area contributed by atoms with Crippen molar-refractivity contribution in [3.8, 4) is 0 Å². The standard InChI is InChI=1S/C15H14FN3/c1-19-14-8-7-11(16)9-13(14)18-15(19)10-17-12-5-3-2-4-6-12/h2-9,17H,10H2,1H3. The van der Waals surface area contributed by atoms with Gasteiger partial charge < -0.3 is 9.88 Å². The fourth-order valence-corrected chi connectivity index (χ4v) is 2.12. The average molecular weight is 255 g/mol. The van der Waals surface area contributed by atoms with Gasteiger partial charge in [0.05, 0.1) is 17.6 Å². The van der Waals surface area contributed by atoms with Crippen molar-refractivity contribution in [1.29, 1.82) is 0 Å². The average Bonchev–Trinajstić information content (AvgIpc) is 2.74. The lowest BCUT2D eigenvalue weighted by Gasteiger charge is -2.06. The summed E-state index contributed by atoms with van der Waals surface area (Å²) in [6, 6.07) is 14.6. The Labute approximate surface area is 110 Å². The second kappa shape index (κ2) is 4.72. The first-order chi connectivity index (χ1) is 9.24. The van der Waals surface area contributed by atoms with Crippen LogP contribution in [0.1, 0.15) is 5.82 Å². The van der Waals surface area contributed by atoms with E-state index >= 15 is 0 Å². The lowest BCUT2D eigenvalue weighted by atomic mass is 10.3. The van der Waals surface area contributed by atoms with E-state index in [2.05, 4.69) is 10.3 Å². The Balaban J connectivity index is 1.87. The highest BCUT2D eigenvalue weighted by atomic mass is 19.1. The monoisotopic (exact) mass is 255 g/mol. The minimum atomic E-state index is -0.256. The number of anilines is 1. The summed E-state index contributed by atoms with van der Waals surface area (Å²) in [6.45, 7) is 0.608. The van der Waals surface area contributed by atoms with E-state index in [1.807, 2.05) is 41.9 Å². The van der Waals surface area contributed by atoms with E-state index in [4.69, 9.17) is 0 Å². The first kappa shape index (κ1) is 11.7. The number of nitrogens with one attached hydrogen (secondary N) is 1. The van der Waals surface area contributed by atoms with Gasteiger partial charge in [0.25, 0.3) is 0 Å². The smallest absolute Gasteiger partial charge is 0.128 e. The summed E-state index contributed by atoms with van der Waals surface area (Å²) in [5, 5.41) is 3.30. The molecule has 0 fully saturated rings. The van der Waals surface area contributed by atoms with Crippen molar-refractivity contribution in [2.45, 2.75) is 6.54 Å². The second-order valence-electron chi connectivity index (χ2n) is 4.44. The molecule has 0 amide bonds. The number of fused-ring (bicyclic) bond motifs is 1. The van der Waals surface area contributed by atoms with Gasteiger partial charge in [-0.15, -0.1) is 0 Å². The third kappa shape index (κ3) is 2.29. The number of benzene rings is 2.